The maximum Gasteiger partial charge on any atom is 0.156 e. The molecule has 0 aromatic carbocycles. The summed E-state index contributed by atoms with van der Waals surface area (Å²) in [6.07, 6.45) is 3.75. The summed E-state index contributed by atoms with van der Waals surface area (Å²) in [4.78, 5) is 0. The van der Waals surface area contributed by atoms with Gasteiger partial charge in [-0.3, -0.25) is 0 Å². The van der Waals surface area contributed by atoms with Gasteiger partial charge in [-0.25, -0.2) is 0 Å². The van der Waals surface area contributed by atoms with E-state index in [9.17, 15) is 0 Å². The smallest absolute Gasteiger partial charge is 0.156 e. The average Bonchev–Trinajstić information content (AvgIpc) is 2.49. The molecule has 1 N–H and O–H groups in total. The van der Waals surface area contributed by atoms with Crippen LogP contribution in [0.3, 0.4) is 0 Å². The number of piperidine rings is 1. The first-order valence-corrected chi connectivity index (χ1v) is 4.95. The van der Waals surface area contributed by atoms with Crippen LogP contribution in [-0.2, 0) is 0 Å². The predicted octanol–water partition coefficient (Wildman–Crippen LogP) is 2.11. The monoisotopic (exact) mass is 180 g/mol. The Labute approximate surface area is 78.5 Å². The molecular weight excluding hydrogens is 164 g/mol. The SMILES string of the molecule is Cc1noc(C2CCCCN2)c1C. The van der Waals surface area contributed by atoms with E-state index < -0.39 is 0 Å². The van der Waals surface area contributed by atoms with E-state index in [4.69, 9.17) is 4.52 Å². The molecule has 1 aromatic heterocycles. The summed E-state index contributed by atoms with van der Waals surface area (Å²) in [5, 5.41) is 7.43. The molecule has 0 amide bonds. The lowest BCUT2D eigenvalue weighted by Gasteiger charge is -2.21. The molecule has 0 saturated carbocycles. The minimum atomic E-state index is 0.398. The molecule has 1 unspecified atom stereocenters. The van der Waals surface area contributed by atoms with Crippen molar-refractivity contribution in [2.75, 3.05) is 6.54 Å². The summed E-state index contributed by atoms with van der Waals surface area (Å²) >= 11 is 0. The van der Waals surface area contributed by atoms with E-state index >= 15 is 0 Å². The van der Waals surface area contributed by atoms with Crippen LogP contribution in [0.1, 0.15) is 42.3 Å². The Morgan fingerprint density at radius 1 is 1.38 bits per heavy atom. The van der Waals surface area contributed by atoms with Crippen LogP contribution in [-0.4, -0.2) is 11.7 Å². The number of hydrogen-bond acceptors (Lipinski definition) is 3. The highest BCUT2D eigenvalue weighted by Gasteiger charge is 2.21. The van der Waals surface area contributed by atoms with Gasteiger partial charge in [0.25, 0.3) is 0 Å². The number of aryl methyl sites for hydroxylation is 1. The first-order chi connectivity index (χ1) is 6.29. The quantitative estimate of drug-likeness (QED) is 0.719. The summed E-state index contributed by atoms with van der Waals surface area (Å²) in [7, 11) is 0. The van der Waals surface area contributed by atoms with Crippen LogP contribution in [0, 0.1) is 13.8 Å². The third-order valence-corrected chi connectivity index (χ3v) is 2.82. The van der Waals surface area contributed by atoms with Crippen molar-refractivity contribution in [3.63, 3.8) is 0 Å². The molecule has 72 valence electrons. The molecule has 13 heavy (non-hydrogen) atoms. The van der Waals surface area contributed by atoms with Crippen molar-refractivity contribution in [3.05, 3.63) is 17.0 Å². The van der Waals surface area contributed by atoms with Crippen molar-refractivity contribution in [1.29, 1.82) is 0 Å². The van der Waals surface area contributed by atoms with Crippen molar-refractivity contribution in [2.45, 2.75) is 39.2 Å². The second-order valence-corrected chi connectivity index (χ2v) is 3.76. The Kier molecular flexibility index (Phi) is 2.36. The van der Waals surface area contributed by atoms with Crippen LogP contribution in [0.5, 0.6) is 0 Å². The first kappa shape index (κ1) is 8.75. The van der Waals surface area contributed by atoms with Crippen LogP contribution >= 0.6 is 0 Å². The predicted molar refractivity (Wildman–Crippen MR) is 50.6 cm³/mol. The highest BCUT2D eigenvalue weighted by molar-refractivity contribution is 5.22. The molecule has 1 saturated heterocycles. The Morgan fingerprint density at radius 2 is 2.23 bits per heavy atom. The molecule has 0 bridgehead atoms. The van der Waals surface area contributed by atoms with Gasteiger partial charge in [0.15, 0.2) is 5.76 Å². The molecule has 1 aliphatic rings. The van der Waals surface area contributed by atoms with Gasteiger partial charge in [0.2, 0.25) is 0 Å². The highest BCUT2D eigenvalue weighted by atomic mass is 16.5. The van der Waals surface area contributed by atoms with E-state index in [1.54, 1.807) is 0 Å². The summed E-state index contributed by atoms with van der Waals surface area (Å²) in [6, 6.07) is 0.398. The Morgan fingerprint density at radius 3 is 2.77 bits per heavy atom. The molecule has 0 spiro atoms. The Bertz CT molecular complexity index is 287. The molecule has 3 heteroatoms. The standard InChI is InChI=1S/C10H16N2O/c1-7-8(2)12-13-10(7)9-5-3-4-6-11-9/h9,11H,3-6H2,1-2H3. The number of nitrogens with zero attached hydrogens (tertiary/aromatic N) is 1. The maximum absolute atomic E-state index is 5.32. The maximum atomic E-state index is 5.32. The summed E-state index contributed by atoms with van der Waals surface area (Å²) < 4.78 is 5.32. The van der Waals surface area contributed by atoms with Gasteiger partial charge in [0, 0.05) is 5.56 Å². The summed E-state index contributed by atoms with van der Waals surface area (Å²) in [5.41, 5.74) is 2.22. The molecule has 2 rings (SSSR count). The van der Waals surface area contributed by atoms with Crippen molar-refractivity contribution in [3.8, 4) is 0 Å². The fourth-order valence-electron chi connectivity index (χ4n) is 1.83. The molecule has 0 aliphatic carbocycles. The molecular formula is C10H16N2O. The van der Waals surface area contributed by atoms with Gasteiger partial charge in [-0.1, -0.05) is 11.6 Å². The average molecular weight is 180 g/mol. The zero-order valence-electron chi connectivity index (χ0n) is 8.26. The fraction of sp³-hybridized carbons (Fsp3) is 0.700. The molecule has 1 aromatic rings. The van der Waals surface area contributed by atoms with Crippen molar-refractivity contribution in [1.82, 2.24) is 10.5 Å². The number of aromatic nitrogens is 1. The molecule has 1 atom stereocenters. The Balaban J connectivity index is 2.18. The molecule has 0 radical (unpaired) electrons. The molecule has 2 heterocycles. The molecule has 3 nitrogen and oxygen atoms in total. The second kappa shape index (κ2) is 3.50. The minimum Gasteiger partial charge on any atom is -0.359 e. The van der Waals surface area contributed by atoms with Gasteiger partial charge in [-0.2, -0.15) is 0 Å². The zero-order valence-corrected chi connectivity index (χ0v) is 8.26. The first-order valence-electron chi connectivity index (χ1n) is 4.95. The van der Waals surface area contributed by atoms with Gasteiger partial charge >= 0.3 is 0 Å². The van der Waals surface area contributed by atoms with E-state index in [-0.39, 0.29) is 0 Å². The van der Waals surface area contributed by atoms with Crippen molar-refractivity contribution in [2.24, 2.45) is 0 Å². The van der Waals surface area contributed by atoms with Gasteiger partial charge in [-0.05, 0) is 33.2 Å². The van der Waals surface area contributed by atoms with Crippen molar-refractivity contribution >= 4 is 0 Å². The van der Waals surface area contributed by atoms with Crippen LogP contribution in [0.2, 0.25) is 0 Å². The van der Waals surface area contributed by atoms with E-state index in [0.717, 1.165) is 18.0 Å². The summed E-state index contributed by atoms with van der Waals surface area (Å²) in [5.74, 6) is 1.04. The molecule has 1 fully saturated rings. The van der Waals surface area contributed by atoms with Crippen LogP contribution in [0.15, 0.2) is 4.52 Å². The van der Waals surface area contributed by atoms with Crippen LogP contribution < -0.4 is 5.32 Å². The van der Waals surface area contributed by atoms with Gasteiger partial charge in [-0.15, -0.1) is 0 Å². The third kappa shape index (κ3) is 1.61. The van der Waals surface area contributed by atoms with Gasteiger partial charge in [0.1, 0.15) is 0 Å². The normalized spacial score (nSPS) is 23.4. The van der Waals surface area contributed by atoms with Gasteiger partial charge < -0.3 is 9.84 Å². The summed E-state index contributed by atoms with van der Waals surface area (Å²) in [6.45, 7) is 5.17. The Hall–Kier alpha value is -0.830. The lowest BCUT2D eigenvalue weighted by molar-refractivity contribution is 0.302. The zero-order chi connectivity index (χ0) is 9.26. The largest absolute Gasteiger partial charge is 0.359 e. The lowest BCUT2D eigenvalue weighted by Crippen LogP contribution is -2.26. The van der Waals surface area contributed by atoms with Crippen LogP contribution in [0.4, 0.5) is 0 Å². The number of hydrogen-bond donors (Lipinski definition) is 1. The van der Waals surface area contributed by atoms with Crippen molar-refractivity contribution < 1.29 is 4.52 Å². The molecule has 1 aliphatic heterocycles. The van der Waals surface area contributed by atoms with E-state index in [0.29, 0.717) is 6.04 Å². The number of nitrogens with one attached hydrogen (secondary N) is 1. The lowest BCUT2D eigenvalue weighted by atomic mass is 10.00. The van der Waals surface area contributed by atoms with Crippen LogP contribution in [0.25, 0.3) is 0 Å². The third-order valence-electron chi connectivity index (χ3n) is 2.82. The van der Waals surface area contributed by atoms with E-state index in [1.165, 1.54) is 24.8 Å². The highest BCUT2D eigenvalue weighted by Crippen LogP contribution is 2.26. The fourth-order valence-corrected chi connectivity index (χ4v) is 1.83. The van der Waals surface area contributed by atoms with E-state index in [1.807, 2.05) is 6.92 Å². The number of rotatable bonds is 1. The second-order valence-electron chi connectivity index (χ2n) is 3.76. The minimum absolute atomic E-state index is 0.398. The van der Waals surface area contributed by atoms with Gasteiger partial charge in [0.05, 0.1) is 11.7 Å². The van der Waals surface area contributed by atoms with E-state index in [2.05, 4.69) is 17.4 Å². The topological polar surface area (TPSA) is 38.1 Å².